The molecule has 0 saturated heterocycles. The van der Waals surface area contributed by atoms with Crippen LogP contribution in [-0.2, 0) is 0 Å². The minimum atomic E-state index is 0.412. The molecule has 2 nitrogen and oxygen atoms in total. The van der Waals surface area contributed by atoms with Gasteiger partial charge in [-0.15, -0.1) is 0 Å². The molecule has 2 N–H and O–H groups in total. The molecule has 0 spiro atoms. The molecule has 2 heteroatoms. The number of hydrogen-bond acceptors (Lipinski definition) is 2. The van der Waals surface area contributed by atoms with Gasteiger partial charge in [0.25, 0.3) is 0 Å². The number of aromatic nitrogens is 1. The Morgan fingerprint density at radius 2 is 1.94 bits per heavy atom. The van der Waals surface area contributed by atoms with Crippen molar-refractivity contribution >= 4 is 5.82 Å². The average Bonchev–Trinajstić information content (AvgIpc) is 2.61. The molecule has 3 rings (SSSR count). The zero-order valence-corrected chi connectivity index (χ0v) is 9.27. The number of anilines is 1. The van der Waals surface area contributed by atoms with Gasteiger partial charge < -0.3 is 5.73 Å². The first-order valence-electron chi connectivity index (χ1n) is 5.67. The molecule has 1 aromatic heterocycles. The fraction of sp³-hybridized carbons (Fsp3) is 0.214. The molecule has 16 heavy (non-hydrogen) atoms. The fourth-order valence-electron chi connectivity index (χ4n) is 2.59. The summed E-state index contributed by atoms with van der Waals surface area (Å²) in [6, 6.07) is 12.5. The highest BCUT2D eigenvalue weighted by atomic mass is 14.8. The average molecular weight is 210 g/mol. The van der Waals surface area contributed by atoms with Gasteiger partial charge in [0, 0.05) is 11.5 Å². The van der Waals surface area contributed by atoms with Crippen molar-refractivity contribution < 1.29 is 0 Å². The van der Waals surface area contributed by atoms with E-state index in [2.05, 4.69) is 42.2 Å². The third-order valence-corrected chi connectivity index (χ3v) is 3.31. The van der Waals surface area contributed by atoms with Crippen molar-refractivity contribution in [3.8, 4) is 11.1 Å². The highest BCUT2D eigenvalue weighted by Gasteiger charge is 2.28. The molecule has 80 valence electrons. The predicted molar refractivity (Wildman–Crippen MR) is 66.2 cm³/mol. The molecule has 0 amide bonds. The van der Waals surface area contributed by atoms with E-state index in [0.717, 1.165) is 12.1 Å². The second-order valence-corrected chi connectivity index (χ2v) is 4.22. The third kappa shape index (κ3) is 1.16. The standard InChI is InChI=1S/C14H14N2/c1-2-9-10-5-3-4-6-11(10)12-7-8-13(15)16-14(9)12/h3-9H,2H2,1H3,(H2,15,16). The van der Waals surface area contributed by atoms with E-state index in [1.165, 1.54) is 16.7 Å². The van der Waals surface area contributed by atoms with Gasteiger partial charge in [-0.2, -0.15) is 0 Å². The number of hydrogen-bond donors (Lipinski definition) is 1. The second-order valence-electron chi connectivity index (χ2n) is 4.22. The Kier molecular flexibility index (Phi) is 1.96. The number of nitrogen functional groups attached to an aromatic ring is 1. The molecule has 1 atom stereocenters. The lowest BCUT2D eigenvalue weighted by atomic mass is 9.98. The molecule has 1 unspecified atom stereocenters. The van der Waals surface area contributed by atoms with Gasteiger partial charge in [-0.25, -0.2) is 4.98 Å². The first-order chi connectivity index (χ1) is 7.81. The summed E-state index contributed by atoms with van der Waals surface area (Å²) in [4.78, 5) is 4.50. The monoisotopic (exact) mass is 210 g/mol. The van der Waals surface area contributed by atoms with Gasteiger partial charge in [0.2, 0.25) is 0 Å². The van der Waals surface area contributed by atoms with E-state index in [1.807, 2.05) is 6.07 Å². The van der Waals surface area contributed by atoms with Crippen LogP contribution in [0.3, 0.4) is 0 Å². The Morgan fingerprint density at radius 1 is 1.12 bits per heavy atom. The van der Waals surface area contributed by atoms with E-state index >= 15 is 0 Å². The van der Waals surface area contributed by atoms with E-state index in [4.69, 9.17) is 5.73 Å². The van der Waals surface area contributed by atoms with Gasteiger partial charge in [0.1, 0.15) is 5.82 Å². The smallest absolute Gasteiger partial charge is 0.123 e. The Balaban J connectivity index is 2.29. The number of pyridine rings is 1. The number of benzene rings is 1. The summed E-state index contributed by atoms with van der Waals surface area (Å²) in [6.07, 6.45) is 1.07. The molecule has 1 aliphatic rings. The molecule has 0 aliphatic heterocycles. The largest absolute Gasteiger partial charge is 0.384 e. The third-order valence-electron chi connectivity index (χ3n) is 3.31. The summed E-state index contributed by atoms with van der Waals surface area (Å²) < 4.78 is 0. The number of rotatable bonds is 1. The zero-order valence-electron chi connectivity index (χ0n) is 9.27. The number of fused-ring (bicyclic) bond motifs is 3. The van der Waals surface area contributed by atoms with E-state index in [1.54, 1.807) is 0 Å². The minimum Gasteiger partial charge on any atom is -0.384 e. The van der Waals surface area contributed by atoms with Crippen LogP contribution in [0.1, 0.15) is 30.5 Å². The molecule has 1 aromatic carbocycles. The molecule has 0 saturated carbocycles. The lowest BCUT2D eigenvalue weighted by Gasteiger charge is -2.09. The van der Waals surface area contributed by atoms with Crippen LogP contribution in [-0.4, -0.2) is 4.98 Å². The summed E-state index contributed by atoms with van der Waals surface area (Å²) in [7, 11) is 0. The van der Waals surface area contributed by atoms with E-state index in [0.29, 0.717) is 11.7 Å². The molecule has 1 heterocycles. The van der Waals surface area contributed by atoms with Crippen LogP contribution in [0, 0.1) is 0 Å². The Labute approximate surface area is 95.1 Å². The van der Waals surface area contributed by atoms with Gasteiger partial charge in [-0.05, 0) is 29.7 Å². The topological polar surface area (TPSA) is 38.9 Å². The predicted octanol–water partition coefficient (Wildman–Crippen LogP) is 3.19. The van der Waals surface area contributed by atoms with Gasteiger partial charge >= 0.3 is 0 Å². The van der Waals surface area contributed by atoms with Gasteiger partial charge in [-0.3, -0.25) is 0 Å². The summed E-state index contributed by atoms with van der Waals surface area (Å²) in [5.41, 5.74) is 10.9. The van der Waals surface area contributed by atoms with E-state index < -0.39 is 0 Å². The van der Waals surface area contributed by atoms with Crippen LogP contribution < -0.4 is 5.73 Å². The van der Waals surface area contributed by atoms with Crippen molar-refractivity contribution in [3.05, 3.63) is 47.7 Å². The highest BCUT2D eigenvalue weighted by molar-refractivity contribution is 5.78. The number of nitrogens with zero attached hydrogens (tertiary/aromatic N) is 1. The maximum atomic E-state index is 5.77. The molecule has 0 radical (unpaired) electrons. The van der Waals surface area contributed by atoms with E-state index in [-0.39, 0.29) is 0 Å². The minimum absolute atomic E-state index is 0.412. The SMILES string of the molecule is CCC1c2ccccc2-c2ccc(N)nc21. The maximum absolute atomic E-state index is 5.77. The molecular formula is C14H14N2. The van der Waals surface area contributed by atoms with Crippen molar-refractivity contribution in [3.63, 3.8) is 0 Å². The highest BCUT2D eigenvalue weighted by Crippen LogP contribution is 2.45. The Bertz CT molecular complexity index is 546. The van der Waals surface area contributed by atoms with E-state index in [9.17, 15) is 0 Å². The van der Waals surface area contributed by atoms with Gasteiger partial charge in [-0.1, -0.05) is 31.2 Å². The zero-order chi connectivity index (χ0) is 11.1. The second kappa shape index (κ2) is 3.34. The molecule has 1 aliphatic carbocycles. The van der Waals surface area contributed by atoms with Crippen LogP contribution in [0.25, 0.3) is 11.1 Å². The van der Waals surface area contributed by atoms with Crippen molar-refractivity contribution in [1.29, 1.82) is 0 Å². The van der Waals surface area contributed by atoms with Crippen LogP contribution in [0.5, 0.6) is 0 Å². The summed E-state index contributed by atoms with van der Waals surface area (Å²) in [5, 5.41) is 0. The van der Waals surface area contributed by atoms with Gasteiger partial charge in [0.05, 0.1) is 5.69 Å². The van der Waals surface area contributed by atoms with Gasteiger partial charge in [0.15, 0.2) is 0 Å². The van der Waals surface area contributed by atoms with Crippen molar-refractivity contribution in [1.82, 2.24) is 4.98 Å². The molecule has 2 aromatic rings. The Morgan fingerprint density at radius 3 is 2.75 bits per heavy atom. The lowest BCUT2D eigenvalue weighted by molar-refractivity contribution is 0.772. The quantitative estimate of drug-likeness (QED) is 0.785. The van der Waals surface area contributed by atoms with Crippen LogP contribution >= 0.6 is 0 Å². The fourth-order valence-corrected chi connectivity index (χ4v) is 2.59. The van der Waals surface area contributed by atoms with Crippen LogP contribution in [0.4, 0.5) is 5.82 Å². The van der Waals surface area contributed by atoms with Crippen LogP contribution in [0.2, 0.25) is 0 Å². The van der Waals surface area contributed by atoms with Crippen molar-refractivity contribution in [2.24, 2.45) is 0 Å². The normalized spacial score (nSPS) is 16.9. The van der Waals surface area contributed by atoms with Crippen LogP contribution in [0.15, 0.2) is 36.4 Å². The Hall–Kier alpha value is -1.83. The summed E-state index contributed by atoms with van der Waals surface area (Å²) in [5.74, 6) is 1.03. The first-order valence-corrected chi connectivity index (χ1v) is 5.67. The molecule has 0 bridgehead atoms. The molecular weight excluding hydrogens is 196 g/mol. The summed E-state index contributed by atoms with van der Waals surface area (Å²) >= 11 is 0. The van der Waals surface area contributed by atoms with Crippen molar-refractivity contribution in [2.45, 2.75) is 19.3 Å². The maximum Gasteiger partial charge on any atom is 0.123 e. The number of nitrogens with two attached hydrogens (primary N) is 1. The lowest BCUT2D eigenvalue weighted by Crippen LogP contribution is -1.99. The molecule has 0 fully saturated rings. The first kappa shape index (κ1) is 9.40. The summed E-state index contributed by atoms with van der Waals surface area (Å²) in [6.45, 7) is 2.20. The van der Waals surface area contributed by atoms with Crippen molar-refractivity contribution in [2.75, 3.05) is 5.73 Å².